The normalized spacial score (nSPS) is 12.2. The molecule has 0 fully saturated rings. The Morgan fingerprint density at radius 1 is 1.44 bits per heavy atom. The number of hydrogen-bond donors (Lipinski definition) is 2. The molecule has 0 saturated carbocycles. The molecule has 85 valence electrons. The van der Waals surface area contributed by atoms with Gasteiger partial charge in [-0.3, -0.25) is 9.59 Å². The Bertz CT molecular complexity index is 388. The zero-order chi connectivity index (χ0) is 12.1. The van der Waals surface area contributed by atoms with Gasteiger partial charge < -0.3 is 10.4 Å². The summed E-state index contributed by atoms with van der Waals surface area (Å²) in [4.78, 5) is 22.2. The van der Waals surface area contributed by atoms with Gasteiger partial charge >= 0.3 is 0 Å². The molecule has 4 nitrogen and oxygen atoms in total. The van der Waals surface area contributed by atoms with Crippen molar-refractivity contribution >= 4 is 12.2 Å². The van der Waals surface area contributed by atoms with Gasteiger partial charge in [-0.25, -0.2) is 0 Å². The van der Waals surface area contributed by atoms with Crippen molar-refractivity contribution in [3.63, 3.8) is 0 Å². The number of carbonyl (C=O) groups excluding carboxylic acids is 2. The number of nitrogens with one attached hydrogen (secondary N) is 1. The van der Waals surface area contributed by atoms with E-state index in [2.05, 4.69) is 5.32 Å². The van der Waals surface area contributed by atoms with Crippen LogP contribution in [0.1, 0.15) is 34.6 Å². The topological polar surface area (TPSA) is 66.4 Å². The highest BCUT2D eigenvalue weighted by Crippen LogP contribution is 2.05. The number of rotatable bonds is 4. The zero-order valence-corrected chi connectivity index (χ0v) is 9.23. The van der Waals surface area contributed by atoms with Crippen molar-refractivity contribution in [1.82, 2.24) is 5.32 Å². The van der Waals surface area contributed by atoms with E-state index in [1.807, 2.05) is 0 Å². The van der Waals surface area contributed by atoms with Gasteiger partial charge in [0.1, 0.15) is 12.5 Å². The molecule has 1 atom stereocenters. The summed E-state index contributed by atoms with van der Waals surface area (Å²) in [6.45, 7) is 3.43. The number of aliphatic hydroxyl groups is 1. The third kappa shape index (κ3) is 3.17. The zero-order valence-electron chi connectivity index (χ0n) is 9.23. The van der Waals surface area contributed by atoms with Crippen LogP contribution >= 0.6 is 0 Å². The van der Waals surface area contributed by atoms with E-state index in [0.717, 1.165) is 0 Å². The van der Waals surface area contributed by atoms with Crippen molar-refractivity contribution in [3.8, 4) is 0 Å². The number of aldehydes is 1. The van der Waals surface area contributed by atoms with Crippen LogP contribution in [0.25, 0.3) is 0 Å². The SMILES string of the molecule is C[C](C)C(O)NC(=O)c1cccc(C=O)c1. The largest absolute Gasteiger partial charge is 0.373 e. The van der Waals surface area contributed by atoms with Crippen molar-refractivity contribution in [2.24, 2.45) is 0 Å². The van der Waals surface area contributed by atoms with Gasteiger partial charge in [-0.05, 0) is 12.1 Å². The summed E-state index contributed by atoms with van der Waals surface area (Å²) in [5.41, 5.74) is 0.782. The van der Waals surface area contributed by atoms with Gasteiger partial charge in [-0.1, -0.05) is 26.0 Å². The fourth-order valence-corrected chi connectivity index (χ4v) is 1.11. The van der Waals surface area contributed by atoms with Crippen LogP contribution in [0.2, 0.25) is 0 Å². The summed E-state index contributed by atoms with van der Waals surface area (Å²) in [6.07, 6.45) is -0.294. The molecule has 0 aliphatic rings. The molecule has 0 aromatic heterocycles. The first kappa shape index (κ1) is 12.4. The van der Waals surface area contributed by atoms with Gasteiger partial charge in [-0.2, -0.15) is 0 Å². The lowest BCUT2D eigenvalue weighted by Gasteiger charge is -2.15. The van der Waals surface area contributed by atoms with Gasteiger partial charge in [0.15, 0.2) is 0 Å². The second-order valence-corrected chi connectivity index (χ2v) is 3.70. The average molecular weight is 220 g/mol. The molecule has 0 heterocycles. The maximum absolute atomic E-state index is 11.6. The predicted octanol–water partition coefficient (Wildman–Crippen LogP) is 1.16. The minimum atomic E-state index is -0.965. The van der Waals surface area contributed by atoms with Crippen LogP contribution in [-0.4, -0.2) is 23.5 Å². The quantitative estimate of drug-likeness (QED) is 0.591. The molecule has 0 aliphatic heterocycles. The van der Waals surface area contributed by atoms with E-state index in [0.29, 0.717) is 23.3 Å². The van der Waals surface area contributed by atoms with Crippen LogP contribution < -0.4 is 5.32 Å². The van der Waals surface area contributed by atoms with E-state index in [1.165, 1.54) is 6.07 Å². The molecule has 1 rings (SSSR count). The van der Waals surface area contributed by atoms with Gasteiger partial charge in [-0.15, -0.1) is 0 Å². The van der Waals surface area contributed by atoms with E-state index in [9.17, 15) is 14.7 Å². The monoisotopic (exact) mass is 220 g/mol. The highest BCUT2D eigenvalue weighted by molar-refractivity contribution is 5.95. The van der Waals surface area contributed by atoms with Crippen LogP contribution in [0.4, 0.5) is 0 Å². The first-order chi connectivity index (χ1) is 7.54. The second-order valence-electron chi connectivity index (χ2n) is 3.70. The highest BCUT2D eigenvalue weighted by atomic mass is 16.3. The summed E-state index contributed by atoms with van der Waals surface area (Å²) < 4.78 is 0. The smallest absolute Gasteiger partial charge is 0.253 e. The summed E-state index contributed by atoms with van der Waals surface area (Å²) in [7, 11) is 0. The molecular formula is C12H14NO3. The van der Waals surface area contributed by atoms with Gasteiger partial charge in [0.25, 0.3) is 5.91 Å². The Kier molecular flexibility index (Phi) is 4.19. The summed E-state index contributed by atoms with van der Waals surface area (Å²) >= 11 is 0. The first-order valence-corrected chi connectivity index (χ1v) is 4.89. The molecule has 0 bridgehead atoms. The molecule has 4 heteroatoms. The van der Waals surface area contributed by atoms with Crippen LogP contribution in [0.15, 0.2) is 24.3 Å². The molecule has 0 spiro atoms. The molecule has 1 amide bonds. The molecule has 0 aliphatic carbocycles. The maximum atomic E-state index is 11.6. The number of aliphatic hydroxyl groups excluding tert-OH is 1. The molecule has 16 heavy (non-hydrogen) atoms. The number of benzene rings is 1. The molecule has 1 aromatic carbocycles. The van der Waals surface area contributed by atoms with E-state index < -0.39 is 12.1 Å². The van der Waals surface area contributed by atoms with E-state index >= 15 is 0 Å². The average Bonchev–Trinajstić information content (AvgIpc) is 2.28. The highest BCUT2D eigenvalue weighted by Gasteiger charge is 2.14. The van der Waals surface area contributed by atoms with Crippen LogP contribution in [-0.2, 0) is 0 Å². The fourth-order valence-electron chi connectivity index (χ4n) is 1.11. The number of carbonyl (C=O) groups is 2. The Labute approximate surface area is 94.3 Å². The van der Waals surface area contributed by atoms with E-state index in [4.69, 9.17) is 0 Å². The minimum absolute atomic E-state index is 0.352. The van der Waals surface area contributed by atoms with Crippen molar-refractivity contribution in [3.05, 3.63) is 41.3 Å². The van der Waals surface area contributed by atoms with E-state index in [-0.39, 0.29) is 0 Å². The minimum Gasteiger partial charge on any atom is -0.373 e. The van der Waals surface area contributed by atoms with Crippen LogP contribution in [0.5, 0.6) is 0 Å². The van der Waals surface area contributed by atoms with Gasteiger partial charge in [0, 0.05) is 17.0 Å². The van der Waals surface area contributed by atoms with Gasteiger partial charge in [0.2, 0.25) is 0 Å². The number of hydrogen-bond acceptors (Lipinski definition) is 3. The van der Waals surface area contributed by atoms with Gasteiger partial charge in [0.05, 0.1) is 0 Å². The van der Waals surface area contributed by atoms with Crippen molar-refractivity contribution in [2.75, 3.05) is 0 Å². The summed E-state index contributed by atoms with van der Waals surface area (Å²) in [6, 6.07) is 6.28. The number of amides is 1. The molecule has 0 saturated heterocycles. The Morgan fingerprint density at radius 2 is 2.12 bits per heavy atom. The Hall–Kier alpha value is -1.68. The standard InChI is InChI=1S/C12H14NO3/c1-8(2)11(15)13-12(16)10-5-3-4-9(6-10)7-14/h3-7,11,15H,1-2H3,(H,13,16). The van der Waals surface area contributed by atoms with Crippen LogP contribution in [0.3, 0.4) is 0 Å². The first-order valence-electron chi connectivity index (χ1n) is 4.89. The van der Waals surface area contributed by atoms with Crippen molar-refractivity contribution in [2.45, 2.75) is 20.1 Å². The lowest BCUT2D eigenvalue weighted by molar-refractivity contribution is 0.0811. The Morgan fingerprint density at radius 3 is 2.69 bits per heavy atom. The summed E-state index contributed by atoms with van der Waals surface area (Å²) in [5.74, 6) is 0.289. The second kappa shape index (κ2) is 5.42. The molecule has 1 aromatic rings. The third-order valence-corrected chi connectivity index (χ3v) is 2.10. The molecule has 2 N–H and O–H groups in total. The third-order valence-electron chi connectivity index (χ3n) is 2.10. The Balaban J connectivity index is 2.76. The molecule has 1 radical (unpaired) electrons. The lowest BCUT2D eigenvalue weighted by atomic mass is 10.1. The van der Waals surface area contributed by atoms with Crippen molar-refractivity contribution in [1.29, 1.82) is 0 Å². The lowest BCUT2D eigenvalue weighted by Crippen LogP contribution is -2.37. The van der Waals surface area contributed by atoms with E-state index in [1.54, 1.807) is 32.0 Å². The van der Waals surface area contributed by atoms with Crippen LogP contribution in [0, 0.1) is 5.92 Å². The molecule has 1 unspecified atom stereocenters. The fraction of sp³-hybridized carbons (Fsp3) is 0.250. The van der Waals surface area contributed by atoms with Crippen molar-refractivity contribution < 1.29 is 14.7 Å². The molecular weight excluding hydrogens is 206 g/mol. The summed E-state index contributed by atoms with van der Waals surface area (Å²) in [5, 5.41) is 11.9. The maximum Gasteiger partial charge on any atom is 0.253 e. The predicted molar refractivity (Wildman–Crippen MR) is 59.9 cm³/mol.